The van der Waals surface area contributed by atoms with Crippen LogP contribution in [0.25, 0.3) is 11.4 Å². The summed E-state index contributed by atoms with van der Waals surface area (Å²) in [5, 5.41) is 3.78. The second kappa shape index (κ2) is 6.12. The second-order valence-corrected chi connectivity index (χ2v) is 8.19. The lowest BCUT2D eigenvalue weighted by atomic mass is 10.2. The molecule has 23 heavy (non-hydrogen) atoms. The first-order chi connectivity index (χ1) is 10.8. The first-order valence-electron chi connectivity index (χ1n) is 6.15. The zero-order valence-corrected chi connectivity index (χ0v) is 14.6. The Morgan fingerprint density at radius 2 is 1.91 bits per heavy atom. The van der Waals surface area contributed by atoms with Gasteiger partial charge in [0.05, 0.1) is 4.34 Å². The third-order valence-corrected chi connectivity index (χ3v) is 5.74. The molecule has 1 aromatic carbocycles. The van der Waals surface area contributed by atoms with Gasteiger partial charge in [0.2, 0.25) is 11.7 Å². The maximum Gasteiger partial charge on any atom is 0.341 e. The molecule has 0 aliphatic heterocycles. The molecule has 0 aliphatic rings. The van der Waals surface area contributed by atoms with Crippen LogP contribution in [-0.2, 0) is 10.1 Å². The van der Waals surface area contributed by atoms with Gasteiger partial charge in [0.25, 0.3) is 0 Å². The average molecular weight is 391 g/mol. The Bertz CT molecular complexity index is 949. The molecule has 0 amide bonds. The van der Waals surface area contributed by atoms with E-state index in [0.29, 0.717) is 17.3 Å². The summed E-state index contributed by atoms with van der Waals surface area (Å²) >= 11 is 12.6. The largest absolute Gasteiger partial charge is 0.379 e. The van der Waals surface area contributed by atoms with Crippen molar-refractivity contribution in [1.82, 2.24) is 10.1 Å². The highest BCUT2D eigenvalue weighted by Crippen LogP contribution is 2.35. The van der Waals surface area contributed by atoms with E-state index in [9.17, 15) is 8.42 Å². The number of aryl methyl sites for hydroxylation is 1. The molecule has 0 fully saturated rings. The van der Waals surface area contributed by atoms with Crippen LogP contribution < -0.4 is 4.18 Å². The smallest absolute Gasteiger partial charge is 0.341 e. The lowest BCUT2D eigenvalue weighted by Gasteiger charge is -2.06. The first-order valence-corrected chi connectivity index (χ1v) is 9.13. The molecule has 0 atom stereocenters. The van der Waals surface area contributed by atoms with Gasteiger partial charge in [0.15, 0.2) is 0 Å². The molecule has 120 valence electrons. The minimum absolute atomic E-state index is 0.0499. The van der Waals surface area contributed by atoms with Crippen molar-refractivity contribution in [3.63, 3.8) is 0 Å². The van der Waals surface area contributed by atoms with E-state index in [1.807, 2.05) is 0 Å². The summed E-state index contributed by atoms with van der Waals surface area (Å²) in [4.78, 5) is 3.92. The quantitative estimate of drug-likeness (QED) is 0.621. The van der Waals surface area contributed by atoms with E-state index in [2.05, 4.69) is 10.1 Å². The average Bonchev–Trinajstić information content (AvgIpc) is 3.05. The number of benzene rings is 1. The molecule has 0 N–H and O–H groups in total. The van der Waals surface area contributed by atoms with Gasteiger partial charge in [0, 0.05) is 12.5 Å². The number of rotatable bonds is 4. The van der Waals surface area contributed by atoms with Crippen LogP contribution in [0.5, 0.6) is 5.75 Å². The van der Waals surface area contributed by atoms with E-state index < -0.39 is 10.1 Å². The van der Waals surface area contributed by atoms with Gasteiger partial charge in [-0.15, -0.1) is 11.3 Å². The summed E-state index contributed by atoms with van der Waals surface area (Å²) in [5.74, 6) is 0.976. The predicted molar refractivity (Wildman–Crippen MR) is 86.6 cm³/mol. The molecular formula is C13H8Cl2N2O4S2. The Labute approximate surface area is 145 Å². The molecular weight excluding hydrogens is 383 g/mol. The van der Waals surface area contributed by atoms with Crippen molar-refractivity contribution in [3.05, 3.63) is 44.9 Å². The summed E-state index contributed by atoms with van der Waals surface area (Å²) in [5.41, 5.74) is 0.670. The second-order valence-electron chi connectivity index (χ2n) is 4.39. The van der Waals surface area contributed by atoms with Crippen molar-refractivity contribution in [1.29, 1.82) is 0 Å². The molecule has 0 radical (unpaired) electrons. The molecule has 0 aliphatic carbocycles. The van der Waals surface area contributed by atoms with Crippen LogP contribution in [0, 0.1) is 6.92 Å². The van der Waals surface area contributed by atoms with Crippen molar-refractivity contribution in [3.8, 4) is 17.1 Å². The molecule has 6 nitrogen and oxygen atoms in total. The number of aromatic nitrogens is 2. The Morgan fingerprint density at radius 3 is 2.43 bits per heavy atom. The third kappa shape index (κ3) is 3.50. The van der Waals surface area contributed by atoms with Crippen LogP contribution in [0.4, 0.5) is 0 Å². The fourth-order valence-electron chi connectivity index (χ4n) is 1.74. The van der Waals surface area contributed by atoms with Gasteiger partial charge in [-0.1, -0.05) is 28.4 Å². The van der Waals surface area contributed by atoms with Crippen molar-refractivity contribution in [2.24, 2.45) is 0 Å². The molecule has 0 saturated carbocycles. The van der Waals surface area contributed by atoms with Crippen molar-refractivity contribution < 1.29 is 17.1 Å². The van der Waals surface area contributed by atoms with Gasteiger partial charge < -0.3 is 8.71 Å². The summed E-state index contributed by atoms with van der Waals surface area (Å²) in [6.07, 6.45) is 0. The van der Waals surface area contributed by atoms with Crippen molar-refractivity contribution in [2.45, 2.75) is 11.8 Å². The lowest BCUT2D eigenvalue weighted by Crippen LogP contribution is -2.09. The van der Waals surface area contributed by atoms with Crippen LogP contribution in [0.3, 0.4) is 0 Å². The topological polar surface area (TPSA) is 82.3 Å². The van der Waals surface area contributed by atoms with E-state index in [1.165, 1.54) is 18.2 Å². The summed E-state index contributed by atoms with van der Waals surface area (Å²) in [7, 11) is -4.05. The Kier molecular flexibility index (Phi) is 4.33. The molecule has 2 aromatic heterocycles. The van der Waals surface area contributed by atoms with Gasteiger partial charge in [0.1, 0.15) is 15.0 Å². The van der Waals surface area contributed by atoms with Gasteiger partial charge in [-0.3, -0.25) is 0 Å². The molecule has 10 heteroatoms. The summed E-state index contributed by atoms with van der Waals surface area (Å²) in [6.45, 7) is 1.68. The molecule has 0 bridgehead atoms. The number of thiophene rings is 1. The highest BCUT2D eigenvalue weighted by molar-refractivity contribution is 7.87. The standard InChI is InChI=1S/C13H8Cl2N2O4S2/c1-7-16-13(17-20-7)8-2-4-9(5-3-8)21-23(18,19)10-6-11(14)22-12(10)15/h2-6H,1H3. The number of nitrogens with zero attached hydrogens (tertiary/aromatic N) is 2. The van der Waals surface area contributed by atoms with Crippen molar-refractivity contribution in [2.75, 3.05) is 0 Å². The minimum atomic E-state index is -4.05. The van der Waals surface area contributed by atoms with E-state index >= 15 is 0 Å². The highest BCUT2D eigenvalue weighted by atomic mass is 35.5. The number of hydrogen-bond acceptors (Lipinski definition) is 7. The fourth-order valence-corrected chi connectivity index (χ4v) is 4.78. The number of hydrogen-bond donors (Lipinski definition) is 0. The van der Waals surface area contributed by atoms with Gasteiger partial charge in [-0.25, -0.2) is 0 Å². The first kappa shape index (κ1) is 16.3. The normalized spacial score (nSPS) is 11.6. The van der Waals surface area contributed by atoms with Crippen LogP contribution in [-0.4, -0.2) is 18.6 Å². The Balaban J connectivity index is 1.84. The van der Waals surface area contributed by atoms with E-state index in [4.69, 9.17) is 31.9 Å². The molecule has 0 saturated heterocycles. The van der Waals surface area contributed by atoms with Crippen LogP contribution in [0.1, 0.15) is 5.89 Å². The zero-order valence-electron chi connectivity index (χ0n) is 11.5. The van der Waals surface area contributed by atoms with Crippen molar-refractivity contribution >= 4 is 44.7 Å². The van der Waals surface area contributed by atoms with Gasteiger partial charge in [-0.2, -0.15) is 13.4 Å². The van der Waals surface area contributed by atoms with E-state index in [1.54, 1.807) is 19.1 Å². The Hall–Kier alpha value is -1.61. The Morgan fingerprint density at radius 1 is 1.22 bits per heavy atom. The molecule has 0 unspecified atom stereocenters. The van der Waals surface area contributed by atoms with Crippen LogP contribution in [0.2, 0.25) is 8.67 Å². The van der Waals surface area contributed by atoms with Crippen LogP contribution in [0.15, 0.2) is 39.8 Å². The van der Waals surface area contributed by atoms with Gasteiger partial charge >= 0.3 is 10.1 Å². The predicted octanol–water partition coefficient (Wildman–Crippen LogP) is 4.18. The van der Waals surface area contributed by atoms with E-state index in [-0.39, 0.29) is 19.3 Å². The minimum Gasteiger partial charge on any atom is -0.379 e. The zero-order chi connectivity index (χ0) is 16.6. The lowest BCUT2D eigenvalue weighted by molar-refractivity contribution is 0.394. The fraction of sp³-hybridized carbons (Fsp3) is 0.0769. The van der Waals surface area contributed by atoms with Crippen LogP contribution >= 0.6 is 34.5 Å². The summed E-state index contributed by atoms with van der Waals surface area (Å²) < 4.78 is 34.6. The number of halogens is 2. The maximum absolute atomic E-state index is 12.2. The molecule has 2 heterocycles. The maximum atomic E-state index is 12.2. The highest BCUT2D eigenvalue weighted by Gasteiger charge is 2.23. The SMILES string of the molecule is Cc1nc(-c2ccc(OS(=O)(=O)c3cc(Cl)sc3Cl)cc2)no1. The molecule has 0 spiro atoms. The molecule has 3 rings (SSSR count). The third-order valence-electron chi connectivity index (χ3n) is 2.74. The van der Waals surface area contributed by atoms with Gasteiger partial charge in [-0.05, 0) is 30.3 Å². The van der Waals surface area contributed by atoms with E-state index in [0.717, 1.165) is 11.3 Å². The summed E-state index contributed by atoms with van der Waals surface area (Å²) in [6, 6.07) is 7.47. The molecule has 3 aromatic rings. The monoisotopic (exact) mass is 390 g/mol.